The monoisotopic (exact) mass is 468 g/mol. The smallest absolute Gasteiger partial charge is 0.0455 e. The molecule has 4 heteroatoms. The summed E-state index contributed by atoms with van der Waals surface area (Å²) in [6.07, 6.45) is 0. The molecule has 4 aromatic heterocycles. The Hall–Kier alpha value is -2.50. The summed E-state index contributed by atoms with van der Waals surface area (Å²) in [5.41, 5.74) is 1.34. The van der Waals surface area contributed by atoms with Gasteiger partial charge >= 0.3 is 0 Å². The van der Waals surface area contributed by atoms with Crippen molar-refractivity contribution >= 4 is 87.1 Å². The van der Waals surface area contributed by atoms with Crippen LogP contribution in [0, 0.1) is 6.92 Å². The highest BCUT2D eigenvalue weighted by Crippen LogP contribution is 2.42. The van der Waals surface area contributed by atoms with Gasteiger partial charge in [-0.1, -0.05) is 18.2 Å². The lowest BCUT2D eigenvalue weighted by atomic mass is 9.99. The number of hydrogen-bond acceptors (Lipinski definition) is 4. The Kier molecular flexibility index (Phi) is 3.94. The van der Waals surface area contributed by atoms with Gasteiger partial charge in [0.05, 0.1) is 0 Å². The molecule has 0 radical (unpaired) electrons. The van der Waals surface area contributed by atoms with Crippen LogP contribution < -0.4 is 0 Å². The number of thiophene rings is 4. The molecule has 0 bridgehead atoms. The van der Waals surface area contributed by atoms with E-state index in [-0.39, 0.29) is 0 Å². The van der Waals surface area contributed by atoms with E-state index in [9.17, 15) is 0 Å². The number of rotatable bonds is 2. The molecule has 148 valence electrons. The lowest BCUT2D eigenvalue weighted by molar-refractivity contribution is 1.56. The zero-order valence-corrected chi connectivity index (χ0v) is 19.9. The molecule has 0 nitrogen and oxygen atoms in total. The van der Waals surface area contributed by atoms with Crippen LogP contribution >= 0.6 is 45.3 Å². The van der Waals surface area contributed by atoms with Gasteiger partial charge in [-0.3, -0.25) is 0 Å². The van der Waals surface area contributed by atoms with Crippen molar-refractivity contribution in [2.75, 3.05) is 0 Å². The molecule has 0 spiro atoms. The van der Waals surface area contributed by atoms with Crippen LogP contribution in [0.1, 0.15) is 5.56 Å². The molecule has 0 aliphatic carbocycles. The molecule has 7 rings (SSSR count). The van der Waals surface area contributed by atoms with Gasteiger partial charge in [0, 0.05) is 28.9 Å². The Morgan fingerprint density at radius 1 is 0.548 bits per heavy atom. The van der Waals surface area contributed by atoms with Gasteiger partial charge in [0.1, 0.15) is 0 Å². The lowest BCUT2D eigenvalue weighted by Crippen LogP contribution is -1.78. The fourth-order valence-corrected chi connectivity index (χ4v) is 8.35. The second kappa shape index (κ2) is 6.75. The summed E-state index contributed by atoms with van der Waals surface area (Å²) >= 11 is 7.45. The van der Waals surface area contributed by atoms with Gasteiger partial charge in [0.15, 0.2) is 0 Å². The number of fused-ring (bicyclic) bond motifs is 5. The van der Waals surface area contributed by atoms with E-state index in [1.54, 1.807) is 0 Å². The van der Waals surface area contributed by atoms with Crippen molar-refractivity contribution in [1.82, 2.24) is 0 Å². The Bertz CT molecular complexity index is 1740. The standard InChI is InChI=1S/C27H16S4/c1-15-7-25(29-14-15)27-13-19-9-21-17(11-24(19)31-27)5-4-16-10-23-18(8-20(16)21)12-26(30-23)22-3-2-6-28-22/h2-14H,1H3. The third-order valence-electron chi connectivity index (χ3n) is 5.85. The molecule has 0 fully saturated rings. The first-order valence-corrected chi connectivity index (χ1v) is 13.5. The van der Waals surface area contributed by atoms with Crippen LogP contribution in [0.5, 0.6) is 0 Å². The van der Waals surface area contributed by atoms with Gasteiger partial charge < -0.3 is 0 Å². The molecule has 0 N–H and O–H groups in total. The normalized spacial score (nSPS) is 12.0. The van der Waals surface area contributed by atoms with Crippen LogP contribution in [0.2, 0.25) is 0 Å². The summed E-state index contributed by atoms with van der Waals surface area (Å²) in [6, 6.07) is 25.4. The highest BCUT2D eigenvalue weighted by atomic mass is 32.1. The molecule has 0 aliphatic rings. The summed E-state index contributed by atoms with van der Waals surface area (Å²) < 4.78 is 2.73. The third-order valence-corrected chi connectivity index (χ3v) is 10.4. The minimum atomic E-state index is 1.32. The topological polar surface area (TPSA) is 0 Å². The lowest BCUT2D eigenvalue weighted by Gasteiger charge is -2.05. The first kappa shape index (κ1) is 18.1. The van der Waals surface area contributed by atoms with Crippen LogP contribution in [-0.2, 0) is 0 Å². The van der Waals surface area contributed by atoms with Crippen LogP contribution in [0.25, 0.3) is 61.2 Å². The zero-order chi connectivity index (χ0) is 20.5. The largest absolute Gasteiger partial charge is 0.143 e. The van der Waals surface area contributed by atoms with Crippen molar-refractivity contribution in [1.29, 1.82) is 0 Å². The van der Waals surface area contributed by atoms with E-state index in [1.807, 2.05) is 45.3 Å². The molecule has 0 amide bonds. The summed E-state index contributed by atoms with van der Waals surface area (Å²) in [5, 5.41) is 12.4. The molecule has 7 aromatic rings. The Morgan fingerprint density at radius 2 is 1.19 bits per heavy atom. The SMILES string of the molecule is Cc1csc(-c2cc3cc4c(ccc5cc6sc(-c7cccs7)cc6cc54)cc3s2)c1. The predicted octanol–water partition coefficient (Wildman–Crippen LogP) is 10.2. The van der Waals surface area contributed by atoms with Crippen molar-refractivity contribution < 1.29 is 0 Å². The first-order valence-electron chi connectivity index (χ1n) is 10.1. The van der Waals surface area contributed by atoms with Gasteiger partial charge in [0.2, 0.25) is 0 Å². The molecular formula is C27H16S4. The maximum Gasteiger partial charge on any atom is 0.0455 e. The van der Waals surface area contributed by atoms with Gasteiger partial charge in [-0.25, -0.2) is 0 Å². The second-order valence-corrected chi connectivity index (χ2v) is 12.0. The molecule has 0 saturated heterocycles. The summed E-state index contributed by atoms with van der Waals surface area (Å²) in [5.74, 6) is 0. The second-order valence-electron chi connectivity index (χ2n) is 7.97. The molecule has 0 saturated carbocycles. The third kappa shape index (κ3) is 2.90. The van der Waals surface area contributed by atoms with Crippen molar-refractivity contribution in [2.45, 2.75) is 6.92 Å². The van der Waals surface area contributed by atoms with E-state index in [4.69, 9.17) is 0 Å². The van der Waals surface area contributed by atoms with Crippen molar-refractivity contribution in [3.8, 4) is 19.5 Å². The van der Waals surface area contributed by atoms with Crippen molar-refractivity contribution in [2.24, 2.45) is 0 Å². The Balaban J connectivity index is 1.46. The number of benzene rings is 3. The predicted molar refractivity (Wildman–Crippen MR) is 144 cm³/mol. The highest BCUT2D eigenvalue weighted by molar-refractivity contribution is 7.26. The molecular weight excluding hydrogens is 453 g/mol. The molecule has 0 atom stereocenters. The van der Waals surface area contributed by atoms with E-state index < -0.39 is 0 Å². The minimum Gasteiger partial charge on any atom is -0.143 e. The van der Waals surface area contributed by atoms with Crippen LogP contribution in [0.3, 0.4) is 0 Å². The van der Waals surface area contributed by atoms with Crippen LogP contribution in [-0.4, -0.2) is 0 Å². The van der Waals surface area contributed by atoms with E-state index in [0.29, 0.717) is 0 Å². The zero-order valence-electron chi connectivity index (χ0n) is 16.6. The summed E-state index contributed by atoms with van der Waals surface area (Å²) in [6.45, 7) is 2.17. The highest BCUT2D eigenvalue weighted by Gasteiger charge is 2.11. The summed E-state index contributed by atoms with van der Waals surface area (Å²) in [7, 11) is 0. The Labute approximate surface area is 195 Å². The summed E-state index contributed by atoms with van der Waals surface area (Å²) in [4.78, 5) is 5.45. The first-order chi connectivity index (χ1) is 15.2. The molecule has 3 aromatic carbocycles. The molecule has 0 unspecified atom stereocenters. The van der Waals surface area contributed by atoms with Gasteiger partial charge in [-0.05, 0) is 104 Å². The maximum absolute atomic E-state index is 2.39. The van der Waals surface area contributed by atoms with E-state index in [2.05, 4.69) is 84.4 Å². The maximum atomic E-state index is 2.39. The van der Waals surface area contributed by atoms with Gasteiger partial charge in [0.25, 0.3) is 0 Å². The molecule has 4 heterocycles. The molecule has 31 heavy (non-hydrogen) atoms. The van der Waals surface area contributed by atoms with E-state index in [1.165, 1.54) is 66.8 Å². The number of hydrogen-bond donors (Lipinski definition) is 0. The average Bonchev–Trinajstić information content (AvgIpc) is 3.56. The number of aryl methyl sites for hydroxylation is 1. The van der Waals surface area contributed by atoms with Crippen LogP contribution in [0.15, 0.2) is 77.5 Å². The van der Waals surface area contributed by atoms with Crippen molar-refractivity contribution in [3.05, 3.63) is 83.1 Å². The van der Waals surface area contributed by atoms with Gasteiger partial charge in [-0.15, -0.1) is 45.3 Å². The average molecular weight is 469 g/mol. The van der Waals surface area contributed by atoms with Crippen LogP contribution in [0.4, 0.5) is 0 Å². The van der Waals surface area contributed by atoms with E-state index >= 15 is 0 Å². The minimum absolute atomic E-state index is 1.32. The molecule has 0 aliphatic heterocycles. The fraction of sp³-hybridized carbons (Fsp3) is 0.0370. The fourth-order valence-electron chi connectivity index (χ4n) is 4.35. The van der Waals surface area contributed by atoms with Crippen molar-refractivity contribution in [3.63, 3.8) is 0 Å². The quantitative estimate of drug-likeness (QED) is 0.221. The van der Waals surface area contributed by atoms with E-state index in [0.717, 1.165) is 0 Å². The van der Waals surface area contributed by atoms with Gasteiger partial charge in [-0.2, -0.15) is 0 Å². The Morgan fingerprint density at radius 3 is 1.74 bits per heavy atom.